The van der Waals surface area contributed by atoms with Gasteiger partial charge in [0.05, 0.1) is 27.7 Å². The Kier molecular flexibility index (Phi) is 3.36. The fourth-order valence-corrected chi connectivity index (χ4v) is 2.83. The van der Waals surface area contributed by atoms with Crippen molar-refractivity contribution in [1.29, 1.82) is 0 Å². The summed E-state index contributed by atoms with van der Waals surface area (Å²) in [6.45, 7) is 0. The molecule has 4 rings (SSSR count). The summed E-state index contributed by atoms with van der Waals surface area (Å²) >= 11 is 5.85. The first-order valence-electron chi connectivity index (χ1n) is 7.21. The molecule has 126 valence electrons. The standard InChI is InChI=1S/C17H9ClF3N3O/c18-10-2-4-11(5-3-10)24-16(25)13-8-22-14-7-9(17(19,20)21)1-6-12(14)15(13)23-24/h1-8,23H. The average molecular weight is 364 g/mol. The molecule has 0 atom stereocenters. The molecule has 0 bridgehead atoms. The zero-order valence-electron chi connectivity index (χ0n) is 12.4. The van der Waals surface area contributed by atoms with Gasteiger partial charge in [-0.2, -0.15) is 13.2 Å². The summed E-state index contributed by atoms with van der Waals surface area (Å²) < 4.78 is 39.9. The van der Waals surface area contributed by atoms with Crippen LogP contribution >= 0.6 is 11.6 Å². The maximum atomic E-state index is 12.9. The molecule has 2 aromatic heterocycles. The molecule has 0 fully saturated rings. The van der Waals surface area contributed by atoms with E-state index < -0.39 is 11.7 Å². The van der Waals surface area contributed by atoms with Crippen LogP contribution in [0.3, 0.4) is 0 Å². The number of aromatic nitrogens is 3. The van der Waals surface area contributed by atoms with Crippen molar-refractivity contribution in [1.82, 2.24) is 14.8 Å². The third kappa shape index (κ3) is 2.56. The Balaban J connectivity index is 1.98. The van der Waals surface area contributed by atoms with Crippen LogP contribution in [0.5, 0.6) is 0 Å². The van der Waals surface area contributed by atoms with Crippen LogP contribution in [0.25, 0.3) is 27.5 Å². The molecule has 1 N–H and O–H groups in total. The number of halogens is 4. The van der Waals surface area contributed by atoms with Gasteiger partial charge in [-0.3, -0.25) is 14.9 Å². The molecule has 0 amide bonds. The van der Waals surface area contributed by atoms with E-state index in [1.54, 1.807) is 24.3 Å². The molecule has 0 saturated carbocycles. The van der Waals surface area contributed by atoms with E-state index in [0.717, 1.165) is 12.1 Å². The zero-order valence-corrected chi connectivity index (χ0v) is 13.2. The average Bonchev–Trinajstić information content (AvgIpc) is 2.91. The highest BCUT2D eigenvalue weighted by Crippen LogP contribution is 2.32. The van der Waals surface area contributed by atoms with Crippen LogP contribution in [-0.2, 0) is 6.18 Å². The largest absolute Gasteiger partial charge is 0.416 e. The van der Waals surface area contributed by atoms with Crippen LogP contribution in [0.4, 0.5) is 13.2 Å². The van der Waals surface area contributed by atoms with E-state index in [4.69, 9.17) is 11.6 Å². The Morgan fingerprint density at radius 3 is 2.44 bits per heavy atom. The van der Waals surface area contributed by atoms with Crippen LogP contribution in [0.15, 0.2) is 53.5 Å². The highest BCUT2D eigenvalue weighted by molar-refractivity contribution is 6.30. The van der Waals surface area contributed by atoms with E-state index in [1.807, 2.05) is 0 Å². The minimum absolute atomic E-state index is 0.159. The molecule has 0 aliphatic heterocycles. The lowest BCUT2D eigenvalue weighted by Crippen LogP contribution is -2.13. The summed E-state index contributed by atoms with van der Waals surface area (Å²) in [5, 5.41) is 4.20. The number of rotatable bonds is 1. The van der Waals surface area contributed by atoms with Gasteiger partial charge in [0.15, 0.2) is 0 Å². The number of fused-ring (bicyclic) bond motifs is 3. The Morgan fingerprint density at radius 2 is 1.76 bits per heavy atom. The number of alkyl halides is 3. The number of hydrogen-bond donors (Lipinski definition) is 1. The van der Waals surface area contributed by atoms with Crippen LogP contribution in [0.1, 0.15) is 5.56 Å². The molecule has 0 aliphatic rings. The van der Waals surface area contributed by atoms with Crippen molar-refractivity contribution in [3.8, 4) is 5.69 Å². The number of benzene rings is 2. The Hall–Kier alpha value is -2.80. The molecule has 0 aliphatic carbocycles. The van der Waals surface area contributed by atoms with E-state index in [-0.39, 0.29) is 11.1 Å². The third-order valence-corrected chi connectivity index (χ3v) is 4.19. The first kappa shape index (κ1) is 15.7. The van der Waals surface area contributed by atoms with Crippen molar-refractivity contribution in [3.63, 3.8) is 0 Å². The van der Waals surface area contributed by atoms with E-state index in [1.165, 1.54) is 16.9 Å². The van der Waals surface area contributed by atoms with Crippen molar-refractivity contribution < 1.29 is 13.2 Å². The number of pyridine rings is 1. The van der Waals surface area contributed by atoms with Gasteiger partial charge in [0.1, 0.15) is 0 Å². The van der Waals surface area contributed by atoms with Crippen molar-refractivity contribution in [2.24, 2.45) is 0 Å². The van der Waals surface area contributed by atoms with Gasteiger partial charge < -0.3 is 0 Å². The Labute approximate surface area is 143 Å². The topological polar surface area (TPSA) is 50.7 Å². The fraction of sp³-hybridized carbons (Fsp3) is 0.0588. The molecule has 2 heterocycles. The predicted octanol–water partition coefficient (Wildman–Crippen LogP) is 4.54. The summed E-state index contributed by atoms with van der Waals surface area (Å²) in [4.78, 5) is 16.6. The Bertz CT molecular complexity index is 1160. The smallest absolute Gasteiger partial charge is 0.290 e. The minimum Gasteiger partial charge on any atom is -0.290 e. The van der Waals surface area contributed by atoms with Gasteiger partial charge in [0.2, 0.25) is 0 Å². The number of nitrogens with zero attached hydrogens (tertiary/aromatic N) is 2. The normalized spacial score (nSPS) is 12.2. The van der Waals surface area contributed by atoms with Crippen LogP contribution in [-0.4, -0.2) is 14.8 Å². The van der Waals surface area contributed by atoms with Crippen molar-refractivity contribution in [2.75, 3.05) is 0 Å². The molecule has 4 nitrogen and oxygen atoms in total. The van der Waals surface area contributed by atoms with E-state index in [9.17, 15) is 18.0 Å². The summed E-state index contributed by atoms with van der Waals surface area (Å²) in [6.07, 6.45) is -3.17. The second kappa shape index (κ2) is 5.35. The van der Waals surface area contributed by atoms with Gasteiger partial charge in [0.25, 0.3) is 5.56 Å². The quantitative estimate of drug-likeness (QED) is 0.540. The van der Waals surface area contributed by atoms with Gasteiger partial charge in [0, 0.05) is 16.6 Å². The van der Waals surface area contributed by atoms with Gasteiger partial charge in [-0.05, 0) is 36.4 Å². The molecule has 0 unspecified atom stereocenters. The SMILES string of the molecule is O=c1c2cnc3cc(C(F)(F)F)ccc3c2[nH]n1-c1ccc(Cl)cc1. The molecular formula is C17H9ClF3N3O. The van der Waals surface area contributed by atoms with Crippen LogP contribution < -0.4 is 5.56 Å². The Morgan fingerprint density at radius 1 is 1.04 bits per heavy atom. The van der Waals surface area contributed by atoms with Crippen LogP contribution in [0.2, 0.25) is 5.02 Å². The molecule has 4 aromatic rings. The lowest BCUT2D eigenvalue weighted by atomic mass is 10.1. The van der Waals surface area contributed by atoms with Gasteiger partial charge in [-0.15, -0.1) is 0 Å². The molecule has 25 heavy (non-hydrogen) atoms. The number of aromatic amines is 1. The first-order valence-corrected chi connectivity index (χ1v) is 7.59. The second-order valence-electron chi connectivity index (χ2n) is 5.51. The van der Waals surface area contributed by atoms with Crippen molar-refractivity contribution in [3.05, 3.63) is 69.6 Å². The summed E-state index contributed by atoms with van der Waals surface area (Å²) in [5.74, 6) is 0. The summed E-state index contributed by atoms with van der Waals surface area (Å²) in [5.41, 5.74) is 0.0223. The van der Waals surface area contributed by atoms with Crippen molar-refractivity contribution in [2.45, 2.75) is 6.18 Å². The van der Waals surface area contributed by atoms with Gasteiger partial charge in [-0.1, -0.05) is 17.7 Å². The van der Waals surface area contributed by atoms with Gasteiger partial charge in [-0.25, -0.2) is 4.68 Å². The van der Waals surface area contributed by atoms with E-state index >= 15 is 0 Å². The number of H-pyrrole nitrogens is 1. The molecule has 2 aromatic carbocycles. The highest BCUT2D eigenvalue weighted by Gasteiger charge is 2.30. The zero-order chi connectivity index (χ0) is 17.8. The van der Waals surface area contributed by atoms with E-state index in [2.05, 4.69) is 10.1 Å². The van der Waals surface area contributed by atoms with Crippen LogP contribution in [0, 0.1) is 0 Å². The predicted molar refractivity (Wildman–Crippen MR) is 89.2 cm³/mol. The second-order valence-corrected chi connectivity index (χ2v) is 5.94. The van der Waals surface area contributed by atoms with Gasteiger partial charge >= 0.3 is 6.18 Å². The summed E-state index contributed by atoms with van der Waals surface area (Å²) in [7, 11) is 0. The fourth-order valence-electron chi connectivity index (χ4n) is 2.71. The maximum absolute atomic E-state index is 12.9. The first-order chi connectivity index (χ1) is 11.8. The lowest BCUT2D eigenvalue weighted by Gasteiger charge is -2.07. The van der Waals surface area contributed by atoms with Crippen molar-refractivity contribution >= 4 is 33.4 Å². The third-order valence-electron chi connectivity index (χ3n) is 3.94. The highest BCUT2D eigenvalue weighted by atomic mass is 35.5. The molecule has 0 radical (unpaired) electrons. The molecule has 0 saturated heterocycles. The monoisotopic (exact) mass is 363 g/mol. The maximum Gasteiger partial charge on any atom is 0.416 e. The minimum atomic E-state index is -4.45. The number of hydrogen-bond acceptors (Lipinski definition) is 2. The molecule has 8 heteroatoms. The van der Waals surface area contributed by atoms with E-state index in [0.29, 0.717) is 27.0 Å². The molecule has 0 spiro atoms. The number of nitrogens with one attached hydrogen (secondary N) is 1. The summed E-state index contributed by atoms with van der Waals surface area (Å²) in [6, 6.07) is 9.86. The lowest BCUT2D eigenvalue weighted by molar-refractivity contribution is -0.137. The molecular weight excluding hydrogens is 355 g/mol.